The molecule has 13 aromatic rings. The van der Waals surface area contributed by atoms with Gasteiger partial charge < -0.3 is 13.9 Å². The summed E-state index contributed by atoms with van der Waals surface area (Å²) in [5, 5.41) is 4.82. The van der Waals surface area contributed by atoms with E-state index in [1.165, 1.54) is 99.9 Å². The van der Waals surface area contributed by atoms with E-state index >= 15 is 0 Å². The third-order valence-electron chi connectivity index (χ3n) is 16.8. The van der Waals surface area contributed by atoms with E-state index < -0.39 is 0 Å². The van der Waals surface area contributed by atoms with Gasteiger partial charge in [-0.05, 0) is 145 Å². The van der Waals surface area contributed by atoms with Gasteiger partial charge in [-0.25, -0.2) is 0 Å². The van der Waals surface area contributed by atoms with Crippen LogP contribution in [0, 0.1) is 0 Å². The maximum Gasteiger partial charge on any atom is 0.136 e. The van der Waals surface area contributed by atoms with Crippen LogP contribution in [0.25, 0.3) is 105 Å². The SMILES string of the molecule is CC1(C)c2ccc(-c3ccccc3N(c3ccc(-c4cccc5oc6ccccc6c45)cc3)c3cccc4c3C(C)(C)c3ccccc3-4)cc2-c2ccc(-c3cccc4c3c3ccccc3n4-c3ccccc3)cc21. The fraction of sp³-hybridized carbons (Fsp3) is 0.0833. The molecule has 0 fully saturated rings. The highest BCUT2D eigenvalue weighted by atomic mass is 16.3. The summed E-state index contributed by atoms with van der Waals surface area (Å²) in [5.74, 6) is 0. The Balaban J connectivity index is 0.876. The zero-order valence-electron chi connectivity index (χ0n) is 42.4. The molecule has 0 bridgehead atoms. The molecule has 356 valence electrons. The molecular formula is C72H52N2O. The molecule has 0 aliphatic heterocycles. The average Bonchev–Trinajstić information content (AvgIpc) is 4.15. The number of aromatic nitrogens is 1. The fourth-order valence-corrected chi connectivity index (χ4v) is 13.3. The summed E-state index contributed by atoms with van der Waals surface area (Å²) in [5.41, 5.74) is 26.1. The van der Waals surface area contributed by atoms with Crippen LogP contribution < -0.4 is 4.90 Å². The van der Waals surface area contributed by atoms with Crippen molar-refractivity contribution in [3.05, 3.63) is 265 Å². The third kappa shape index (κ3) is 6.34. The molecule has 2 aromatic heterocycles. The molecule has 0 spiro atoms. The van der Waals surface area contributed by atoms with E-state index in [1.807, 2.05) is 6.07 Å². The van der Waals surface area contributed by atoms with Crippen molar-refractivity contribution >= 4 is 60.8 Å². The zero-order chi connectivity index (χ0) is 50.2. The van der Waals surface area contributed by atoms with Crippen LogP contribution in [-0.4, -0.2) is 4.57 Å². The van der Waals surface area contributed by atoms with E-state index in [0.29, 0.717) is 0 Å². The first kappa shape index (κ1) is 43.4. The maximum absolute atomic E-state index is 6.35. The summed E-state index contributed by atoms with van der Waals surface area (Å²) in [6.07, 6.45) is 0. The van der Waals surface area contributed by atoms with Crippen molar-refractivity contribution in [3.8, 4) is 61.3 Å². The Morgan fingerprint density at radius 3 is 1.77 bits per heavy atom. The Morgan fingerprint density at radius 2 is 0.920 bits per heavy atom. The predicted molar refractivity (Wildman–Crippen MR) is 314 cm³/mol. The highest BCUT2D eigenvalue weighted by Gasteiger charge is 2.40. The third-order valence-corrected chi connectivity index (χ3v) is 16.8. The molecule has 15 rings (SSSR count). The van der Waals surface area contributed by atoms with Crippen molar-refractivity contribution in [2.75, 3.05) is 4.90 Å². The van der Waals surface area contributed by atoms with Gasteiger partial charge in [-0.15, -0.1) is 0 Å². The maximum atomic E-state index is 6.35. The number of hydrogen-bond acceptors (Lipinski definition) is 2. The van der Waals surface area contributed by atoms with Gasteiger partial charge in [0.1, 0.15) is 11.2 Å². The summed E-state index contributed by atoms with van der Waals surface area (Å²) < 4.78 is 8.76. The topological polar surface area (TPSA) is 21.3 Å². The lowest BCUT2D eigenvalue weighted by atomic mass is 9.81. The number of nitrogens with zero attached hydrogens (tertiary/aromatic N) is 2. The molecule has 0 N–H and O–H groups in total. The number of para-hydroxylation sites is 4. The number of benzene rings is 11. The second kappa shape index (κ2) is 16.2. The lowest BCUT2D eigenvalue weighted by Crippen LogP contribution is -2.21. The van der Waals surface area contributed by atoms with E-state index in [0.717, 1.165) is 44.4 Å². The second-order valence-corrected chi connectivity index (χ2v) is 21.6. The number of furan rings is 1. The Hall–Kier alpha value is -9.18. The molecule has 11 aromatic carbocycles. The van der Waals surface area contributed by atoms with Crippen molar-refractivity contribution in [3.63, 3.8) is 0 Å². The summed E-state index contributed by atoms with van der Waals surface area (Å²) in [6.45, 7) is 9.57. The summed E-state index contributed by atoms with van der Waals surface area (Å²) in [6, 6.07) is 89.6. The van der Waals surface area contributed by atoms with Gasteiger partial charge in [0.25, 0.3) is 0 Å². The van der Waals surface area contributed by atoms with Crippen LogP contribution in [0.1, 0.15) is 49.9 Å². The number of hydrogen-bond donors (Lipinski definition) is 0. The summed E-state index contributed by atoms with van der Waals surface area (Å²) in [4.78, 5) is 2.52. The highest BCUT2D eigenvalue weighted by Crippen LogP contribution is 2.56. The minimum Gasteiger partial charge on any atom is -0.456 e. The quantitative estimate of drug-likeness (QED) is 0.159. The Labute approximate surface area is 437 Å². The molecule has 0 atom stereocenters. The van der Waals surface area contributed by atoms with E-state index in [9.17, 15) is 0 Å². The molecule has 0 saturated heterocycles. The van der Waals surface area contributed by atoms with Gasteiger partial charge in [0, 0.05) is 49.3 Å². The van der Waals surface area contributed by atoms with Crippen molar-refractivity contribution < 1.29 is 4.42 Å². The van der Waals surface area contributed by atoms with Crippen LogP contribution in [0.5, 0.6) is 0 Å². The minimum absolute atomic E-state index is 0.212. The van der Waals surface area contributed by atoms with Gasteiger partial charge in [0.2, 0.25) is 0 Å². The molecule has 2 aliphatic rings. The number of fused-ring (bicyclic) bond motifs is 12. The van der Waals surface area contributed by atoms with Crippen LogP contribution >= 0.6 is 0 Å². The van der Waals surface area contributed by atoms with Crippen LogP contribution in [0.3, 0.4) is 0 Å². The first-order valence-electron chi connectivity index (χ1n) is 26.2. The lowest BCUT2D eigenvalue weighted by molar-refractivity contribution is 0.660. The van der Waals surface area contributed by atoms with Gasteiger partial charge in [-0.2, -0.15) is 0 Å². The molecule has 0 radical (unpaired) electrons. The fourth-order valence-electron chi connectivity index (χ4n) is 13.3. The van der Waals surface area contributed by atoms with Crippen molar-refractivity contribution in [1.82, 2.24) is 4.57 Å². The van der Waals surface area contributed by atoms with E-state index in [4.69, 9.17) is 4.42 Å². The summed E-state index contributed by atoms with van der Waals surface area (Å²) >= 11 is 0. The monoisotopic (exact) mass is 960 g/mol. The normalized spacial score (nSPS) is 13.8. The van der Waals surface area contributed by atoms with Crippen LogP contribution in [0.15, 0.2) is 247 Å². The first-order valence-corrected chi connectivity index (χ1v) is 26.2. The molecule has 0 saturated carbocycles. The standard InChI is InChI=1S/C72H52N2O/c1-71(2)60-42-38-46(43-58(60)54-41-37-47(44-61(54)71)52-25-16-31-64-68(52)56-23-10-14-30-63(56)73(64)48-19-6-5-7-20-48)50-21-9-13-29-62(50)74(65-32-17-27-55-53-22-8-12-28-59(53)72(3,4)70(55)65)49-39-35-45(36-40-49)51-26-18-34-67-69(51)57-24-11-15-33-66(57)75-67/h5-44H,1-4H3. The molecule has 75 heavy (non-hydrogen) atoms. The van der Waals surface area contributed by atoms with Gasteiger partial charge in [-0.1, -0.05) is 198 Å². The molecule has 3 nitrogen and oxygen atoms in total. The molecule has 0 unspecified atom stereocenters. The first-order chi connectivity index (χ1) is 36.7. The lowest BCUT2D eigenvalue weighted by Gasteiger charge is -2.33. The average molecular weight is 961 g/mol. The van der Waals surface area contributed by atoms with E-state index in [1.54, 1.807) is 0 Å². The van der Waals surface area contributed by atoms with Gasteiger partial charge in [0.15, 0.2) is 0 Å². The zero-order valence-corrected chi connectivity index (χ0v) is 42.4. The molecule has 0 amide bonds. The Bertz CT molecular complexity index is 4470. The Kier molecular flexibility index (Phi) is 9.35. The van der Waals surface area contributed by atoms with Crippen molar-refractivity contribution in [2.45, 2.75) is 38.5 Å². The van der Waals surface area contributed by atoms with Gasteiger partial charge >= 0.3 is 0 Å². The molecular weight excluding hydrogens is 909 g/mol. The second-order valence-electron chi connectivity index (χ2n) is 21.6. The summed E-state index contributed by atoms with van der Waals surface area (Å²) in [7, 11) is 0. The van der Waals surface area contributed by atoms with Crippen molar-refractivity contribution in [2.24, 2.45) is 0 Å². The molecule has 2 aliphatic carbocycles. The van der Waals surface area contributed by atoms with Gasteiger partial charge in [-0.3, -0.25) is 0 Å². The molecule has 2 heterocycles. The van der Waals surface area contributed by atoms with Crippen LogP contribution in [0.4, 0.5) is 17.1 Å². The number of rotatable bonds is 7. The van der Waals surface area contributed by atoms with Crippen molar-refractivity contribution in [1.29, 1.82) is 0 Å². The Morgan fingerprint density at radius 1 is 0.347 bits per heavy atom. The van der Waals surface area contributed by atoms with E-state index in [-0.39, 0.29) is 10.8 Å². The smallest absolute Gasteiger partial charge is 0.136 e. The predicted octanol–water partition coefficient (Wildman–Crippen LogP) is 19.8. The largest absolute Gasteiger partial charge is 0.456 e. The minimum atomic E-state index is -0.236. The molecule has 3 heteroatoms. The van der Waals surface area contributed by atoms with Gasteiger partial charge in [0.05, 0.1) is 22.4 Å². The highest BCUT2D eigenvalue weighted by molar-refractivity contribution is 6.16. The number of anilines is 3. The van der Waals surface area contributed by atoms with Crippen LogP contribution in [0.2, 0.25) is 0 Å². The van der Waals surface area contributed by atoms with Crippen LogP contribution in [-0.2, 0) is 10.8 Å². The van der Waals surface area contributed by atoms with E-state index in [2.05, 4.69) is 274 Å².